The zero-order valence-electron chi connectivity index (χ0n) is 13.3. The lowest BCUT2D eigenvalue weighted by atomic mass is 10.2. The summed E-state index contributed by atoms with van der Waals surface area (Å²) >= 11 is 0. The number of hydrogen-bond donors (Lipinski definition) is 1. The average Bonchev–Trinajstić information content (AvgIpc) is 2.77. The molecule has 5 heteroatoms. The van der Waals surface area contributed by atoms with Crippen LogP contribution in [0.5, 0.6) is 0 Å². The summed E-state index contributed by atoms with van der Waals surface area (Å²) in [4.78, 5) is 18.9. The number of nitrogens with zero attached hydrogens (tertiary/aromatic N) is 3. The monoisotopic (exact) mass is 282 g/mol. The minimum absolute atomic E-state index is 0.230. The molecular weight excluding hydrogens is 252 g/mol. The first-order valence-electron chi connectivity index (χ1n) is 8.02. The van der Waals surface area contributed by atoms with E-state index in [1.807, 2.05) is 11.9 Å². The van der Waals surface area contributed by atoms with Crippen molar-refractivity contribution < 1.29 is 4.79 Å². The van der Waals surface area contributed by atoms with Crippen LogP contribution in [0.2, 0.25) is 0 Å². The van der Waals surface area contributed by atoms with Crippen LogP contribution < -0.4 is 5.32 Å². The second kappa shape index (κ2) is 7.38. The van der Waals surface area contributed by atoms with Gasteiger partial charge in [0.15, 0.2) is 0 Å². The van der Waals surface area contributed by atoms with Crippen LogP contribution in [0.4, 0.5) is 0 Å². The topological polar surface area (TPSA) is 38.8 Å². The predicted molar refractivity (Wildman–Crippen MR) is 81.8 cm³/mol. The molecule has 1 N–H and O–H groups in total. The maximum atomic E-state index is 11.8. The molecular formula is C15H30N4O. The lowest BCUT2D eigenvalue weighted by Gasteiger charge is -2.36. The van der Waals surface area contributed by atoms with Crippen LogP contribution in [0.25, 0.3) is 0 Å². The van der Waals surface area contributed by atoms with Gasteiger partial charge < -0.3 is 10.2 Å². The minimum atomic E-state index is 0.230. The summed E-state index contributed by atoms with van der Waals surface area (Å²) < 4.78 is 0. The zero-order chi connectivity index (χ0) is 14.5. The molecule has 2 aliphatic heterocycles. The third-order valence-corrected chi connectivity index (χ3v) is 4.86. The van der Waals surface area contributed by atoms with Gasteiger partial charge in [-0.05, 0) is 33.7 Å². The van der Waals surface area contributed by atoms with Gasteiger partial charge in [0.1, 0.15) is 0 Å². The molecule has 1 amide bonds. The van der Waals surface area contributed by atoms with Gasteiger partial charge in [-0.2, -0.15) is 0 Å². The Morgan fingerprint density at radius 1 is 1.05 bits per heavy atom. The van der Waals surface area contributed by atoms with Gasteiger partial charge in [0.25, 0.3) is 0 Å². The van der Waals surface area contributed by atoms with Crippen LogP contribution in [0, 0.1) is 0 Å². The van der Waals surface area contributed by atoms with Crippen LogP contribution in [0.15, 0.2) is 0 Å². The molecule has 0 spiro atoms. The van der Waals surface area contributed by atoms with E-state index in [0.717, 1.165) is 44.8 Å². The molecule has 0 radical (unpaired) electrons. The summed E-state index contributed by atoms with van der Waals surface area (Å²) in [6.07, 6.45) is 2.68. The number of carbonyl (C=O) groups excluding carboxylic acids is 1. The maximum Gasteiger partial charge on any atom is 0.236 e. The van der Waals surface area contributed by atoms with Gasteiger partial charge in [-0.3, -0.25) is 14.6 Å². The standard InChI is InChI=1S/C15H30N4O/c1-13-4-5-14(2)19(13)11-8-17-6-9-18(10-7-17)15(20)12-16-3/h13-14,16H,4-12H2,1-3H3. The van der Waals surface area contributed by atoms with Gasteiger partial charge >= 0.3 is 0 Å². The van der Waals surface area contributed by atoms with Crippen LogP contribution in [0.3, 0.4) is 0 Å². The number of likely N-dealkylation sites (tertiary alicyclic amines) is 1. The van der Waals surface area contributed by atoms with E-state index in [-0.39, 0.29) is 5.91 Å². The van der Waals surface area contributed by atoms with Crippen molar-refractivity contribution in [3.63, 3.8) is 0 Å². The molecule has 2 saturated heterocycles. The molecule has 20 heavy (non-hydrogen) atoms. The van der Waals surface area contributed by atoms with E-state index in [9.17, 15) is 4.79 Å². The number of piperazine rings is 1. The summed E-state index contributed by atoms with van der Waals surface area (Å²) in [7, 11) is 1.83. The molecule has 0 aromatic rings. The highest BCUT2D eigenvalue weighted by Gasteiger charge is 2.28. The summed E-state index contributed by atoms with van der Waals surface area (Å²) in [5.41, 5.74) is 0. The number of rotatable bonds is 5. The lowest BCUT2D eigenvalue weighted by molar-refractivity contribution is -0.131. The Balaban J connectivity index is 1.68. The Morgan fingerprint density at radius 3 is 2.20 bits per heavy atom. The molecule has 0 aromatic heterocycles. The van der Waals surface area contributed by atoms with E-state index in [4.69, 9.17) is 0 Å². The predicted octanol–water partition coefficient (Wildman–Crippen LogP) is 0.223. The molecule has 2 atom stereocenters. The quantitative estimate of drug-likeness (QED) is 0.783. The zero-order valence-corrected chi connectivity index (χ0v) is 13.3. The molecule has 2 heterocycles. The van der Waals surface area contributed by atoms with E-state index < -0.39 is 0 Å². The van der Waals surface area contributed by atoms with Gasteiger partial charge in [-0.25, -0.2) is 0 Å². The fourth-order valence-corrected chi connectivity index (χ4v) is 3.43. The lowest BCUT2D eigenvalue weighted by Crippen LogP contribution is -2.52. The average molecular weight is 282 g/mol. The third-order valence-electron chi connectivity index (χ3n) is 4.86. The second-order valence-corrected chi connectivity index (χ2v) is 6.27. The Kier molecular flexibility index (Phi) is 5.81. The summed E-state index contributed by atoms with van der Waals surface area (Å²) in [5.74, 6) is 0.230. The van der Waals surface area contributed by atoms with E-state index >= 15 is 0 Å². The molecule has 0 bridgehead atoms. The van der Waals surface area contributed by atoms with Gasteiger partial charge in [-0.15, -0.1) is 0 Å². The highest BCUT2D eigenvalue weighted by molar-refractivity contribution is 5.78. The van der Waals surface area contributed by atoms with Crippen LogP contribution in [-0.2, 0) is 4.79 Å². The third kappa shape index (κ3) is 3.93. The molecule has 2 rings (SSSR count). The minimum Gasteiger partial charge on any atom is -0.339 e. The van der Waals surface area contributed by atoms with Crippen LogP contribution >= 0.6 is 0 Å². The highest BCUT2D eigenvalue weighted by Crippen LogP contribution is 2.22. The van der Waals surface area contributed by atoms with Crippen molar-refractivity contribution in [1.82, 2.24) is 20.0 Å². The Bertz CT molecular complexity index is 305. The summed E-state index contributed by atoms with van der Waals surface area (Å²) in [5, 5.41) is 2.94. The van der Waals surface area contributed by atoms with Crippen molar-refractivity contribution in [2.45, 2.75) is 38.8 Å². The summed E-state index contributed by atoms with van der Waals surface area (Å²) in [6.45, 7) is 11.3. The molecule has 5 nitrogen and oxygen atoms in total. The molecule has 0 aliphatic carbocycles. The molecule has 2 unspecified atom stereocenters. The molecule has 0 saturated carbocycles. The van der Waals surface area contributed by atoms with Crippen molar-refractivity contribution in [2.24, 2.45) is 0 Å². The van der Waals surface area contributed by atoms with Crippen molar-refractivity contribution in [2.75, 3.05) is 52.9 Å². The van der Waals surface area contributed by atoms with Gasteiger partial charge in [0, 0.05) is 51.4 Å². The Morgan fingerprint density at radius 2 is 1.65 bits per heavy atom. The van der Waals surface area contributed by atoms with E-state index in [0.29, 0.717) is 6.54 Å². The molecule has 2 aliphatic rings. The van der Waals surface area contributed by atoms with Crippen LogP contribution in [0.1, 0.15) is 26.7 Å². The van der Waals surface area contributed by atoms with Gasteiger partial charge in [0.05, 0.1) is 6.54 Å². The van der Waals surface area contributed by atoms with Gasteiger partial charge in [-0.1, -0.05) is 0 Å². The molecule has 116 valence electrons. The van der Waals surface area contributed by atoms with Gasteiger partial charge in [0.2, 0.25) is 5.91 Å². The number of nitrogens with one attached hydrogen (secondary N) is 1. The number of hydrogen-bond acceptors (Lipinski definition) is 4. The SMILES string of the molecule is CNCC(=O)N1CCN(CCN2C(C)CCC2C)CC1. The second-order valence-electron chi connectivity index (χ2n) is 6.27. The number of amides is 1. The van der Waals surface area contributed by atoms with Crippen LogP contribution in [-0.4, -0.2) is 85.6 Å². The van der Waals surface area contributed by atoms with E-state index in [1.54, 1.807) is 0 Å². The van der Waals surface area contributed by atoms with E-state index in [2.05, 4.69) is 29.0 Å². The Labute approximate surface area is 123 Å². The number of likely N-dealkylation sites (N-methyl/N-ethyl adjacent to an activating group) is 1. The highest BCUT2D eigenvalue weighted by atomic mass is 16.2. The van der Waals surface area contributed by atoms with Crippen molar-refractivity contribution in [1.29, 1.82) is 0 Å². The fraction of sp³-hybridized carbons (Fsp3) is 0.933. The first kappa shape index (κ1) is 15.7. The van der Waals surface area contributed by atoms with Crippen molar-refractivity contribution >= 4 is 5.91 Å². The summed E-state index contributed by atoms with van der Waals surface area (Å²) in [6, 6.07) is 1.48. The first-order chi connectivity index (χ1) is 9.61. The Hall–Kier alpha value is -0.650. The number of carbonyl (C=O) groups is 1. The maximum absolute atomic E-state index is 11.8. The first-order valence-corrected chi connectivity index (χ1v) is 8.02. The van der Waals surface area contributed by atoms with Crippen molar-refractivity contribution in [3.05, 3.63) is 0 Å². The largest absolute Gasteiger partial charge is 0.339 e. The molecule has 0 aromatic carbocycles. The fourth-order valence-electron chi connectivity index (χ4n) is 3.43. The normalized spacial score (nSPS) is 29.1. The van der Waals surface area contributed by atoms with E-state index in [1.165, 1.54) is 19.4 Å². The van der Waals surface area contributed by atoms with Crippen molar-refractivity contribution in [3.8, 4) is 0 Å². The smallest absolute Gasteiger partial charge is 0.236 e. The molecule has 2 fully saturated rings.